The second-order valence-corrected chi connectivity index (χ2v) is 6.11. The third-order valence-corrected chi connectivity index (χ3v) is 3.93. The summed E-state index contributed by atoms with van der Waals surface area (Å²) in [6, 6.07) is 8.10. The molecule has 108 valence electrons. The van der Waals surface area contributed by atoms with Gasteiger partial charge in [0.2, 0.25) is 5.91 Å². The molecular formula is C16H20BrNO2. The summed E-state index contributed by atoms with van der Waals surface area (Å²) in [5.74, 6) is 0.390. The molecule has 1 fully saturated rings. The number of amides is 1. The Hall–Kier alpha value is -1.13. The molecule has 1 aliphatic rings. The number of hydrogen-bond acceptors (Lipinski definition) is 2. The van der Waals surface area contributed by atoms with Crippen molar-refractivity contribution in [1.82, 2.24) is 4.90 Å². The molecule has 0 aliphatic carbocycles. The average molecular weight is 338 g/mol. The Bertz CT molecular complexity index is 488. The molecule has 1 aromatic rings. The summed E-state index contributed by atoms with van der Waals surface area (Å²) < 4.78 is 6.33. The van der Waals surface area contributed by atoms with Crippen molar-refractivity contribution in [2.75, 3.05) is 26.3 Å². The van der Waals surface area contributed by atoms with Gasteiger partial charge in [0.25, 0.3) is 0 Å². The van der Waals surface area contributed by atoms with E-state index in [1.54, 1.807) is 6.08 Å². The molecule has 0 unspecified atom stereocenters. The van der Waals surface area contributed by atoms with Gasteiger partial charge in [-0.15, -0.1) is 0 Å². The lowest BCUT2D eigenvalue weighted by Gasteiger charge is -2.26. The molecule has 0 bridgehead atoms. The number of ether oxygens (including phenoxy) is 1. The van der Waals surface area contributed by atoms with Gasteiger partial charge in [-0.05, 0) is 29.2 Å². The molecule has 1 heterocycles. The number of nitrogens with zero attached hydrogens (tertiary/aromatic N) is 1. The Labute approximate surface area is 128 Å². The van der Waals surface area contributed by atoms with Gasteiger partial charge in [0.05, 0.1) is 13.2 Å². The van der Waals surface area contributed by atoms with Gasteiger partial charge in [0, 0.05) is 23.6 Å². The Morgan fingerprint density at radius 1 is 1.25 bits per heavy atom. The van der Waals surface area contributed by atoms with Crippen LogP contribution in [0.4, 0.5) is 0 Å². The van der Waals surface area contributed by atoms with Crippen molar-refractivity contribution >= 4 is 27.4 Å². The number of benzene rings is 1. The van der Waals surface area contributed by atoms with E-state index in [0.29, 0.717) is 32.2 Å². The lowest BCUT2D eigenvalue weighted by Crippen LogP contribution is -2.40. The quantitative estimate of drug-likeness (QED) is 0.791. The SMILES string of the molecule is CC(C)/C(=C\C(=O)N1CCOCC1)c1ccc(Br)cc1. The van der Waals surface area contributed by atoms with E-state index in [4.69, 9.17) is 4.74 Å². The molecule has 0 atom stereocenters. The van der Waals surface area contributed by atoms with Crippen LogP contribution in [-0.4, -0.2) is 37.1 Å². The molecule has 1 amide bonds. The van der Waals surface area contributed by atoms with Gasteiger partial charge in [-0.25, -0.2) is 0 Å². The molecule has 0 saturated carbocycles. The first-order chi connectivity index (χ1) is 9.58. The van der Waals surface area contributed by atoms with Crippen LogP contribution in [0.25, 0.3) is 5.57 Å². The predicted octanol–water partition coefficient (Wildman–Crippen LogP) is 3.35. The van der Waals surface area contributed by atoms with Gasteiger partial charge in [0.1, 0.15) is 0 Å². The molecule has 1 saturated heterocycles. The van der Waals surface area contributed by atoms with Gasteiger partial charge in [-0.2, -0.15) is 0 Å². The number of carbonyl (C=O) groups excluding carboxylic acids is 1. The molecule has 3 nitrogen and oxygen atoms in total. The molecule has 2 rings (SSSR count). The number of hydrogen-bond donors (Lipinski definition) is 0. The molecular weight excluding hydrogens is 318 g/mol. The summed E-state index contributed by atoms with van der Waals surface area (Å²) in [6.07, 6.45) is 1.78. The number of morpholine rings is 1. The highest BCUT2D eigenvalue weighted by Gasteiger charge is 2.17. The van der Waals surface area contributed by atoms with Crippen molar-refractivity contribution in [2.24, 2.45) is 5.92 Å². The van der Waals surface area contributed by atoms with Crippen LogP contribution in [0.2, 0.25) is 0 Å². The maximum atomic E-state index is 12.3. The first-order valence-electron chi connectivity index (χ1n) is 6.92. The first kappa shape index (κ1) is 15.3. The minimum Gasteiger partial charge on any atom is -0.378 e. The summed E-state index contributed by atoms with van der Waals surface area (Å²) in [6.45, 7) is 6.85. The van der Waals surface area contributed by atoms with Gasteiger partial charge in [0.15, 0.2) is 0 Å². The first-order valence-corrected chi connectivity index (χ1v) is 7.71. The molecule has 1 aromatic carbocycles. The molecule has 0 N–H and O–H groups in total. The topological polar surface area (TPSA) is 29.5 Å². The smallest absolute Gasteiger partial charge is 0.247 e. The Kier molecular flexibility index (Phi) is 5.38. The number of rotatable bonds is 3. The summed E-state index contributed by atoms with van der Waals surface area (Å²) in [4.78, 5) is 14.2. The van der Waals surface area contributed by atoms with E-state index in [-0.39, 0.29) is 5.91 Å². The van der Waals surface area contributed by atoms with E-state index in [9.17, 15) is 4.79 Å². The van der Waals surface area contributed by atoms with Crippen molar-refractivity contribution in [1.29, 1.82) is 0 Å². The van der Waals surface area contributed by atoms with Gasteiger partial charge < -0.3 is 9.64 Å². The fourth-order valence-electron chi connectivity index (χ4n) is 2.23. The normalized spacial score (nSPS) is 16.6. The zero-order valence-corrected chi connectivity index (χ0v) is 13.5. The lowest BCUT2D eigenvalue weighted by molar-refractivity contribution is -0.129. The lowest BCUT2D eigenvalue weighted by atomic mass is 9.95. The summed E-state index contributed by atoms with van der Waals surface area (Å²) in [5, 5.41) is 0. The van der Waals surface area contributed by atoms with E-state index in [1.165, 1.54) is 0 Å². The standard InChI is InChI=1S/C16H20BrNO2/c1-12(2)15(13-3-5-14(17)6-4-13)11-16(19)18-7-9-20-10-8-18/h3-6,11-12H,7-10H2,1-2H3/b15-11+. The van der Waals surface area contributed by atoms with Crippen molar-refractivity contribution in [3.63, 3.8) is 0 Å². The van der Waals surface area contributed by atoms with E-state index in [2.05, 4.69) is 29.8 Å². The summed E-state index contributed by atoms with van der Waals surface area (Å²) >= 11 is 3.44. The van der Waals surface area contributed by atoms with E-state index in [1.807, 2.05) is 29.2 Å². The van der Waals surface area contributed by atoms with Crippen LogP contribution in [0, 0.1) is 5.92 Å². The fourth-order valence-corrected chi connectivity index (χ4v) is 2.50. The molecule has 0 spiro atoms. The minimum absolute atomic E-state index is 0.0833. The van der Waals surface area contributed by atoms with E-state index < -0.39 is 0 Å². The van der Waals surface area contributed by atoms with E-state index >= 15 is 0 Å². The zero-order chi connectivity index (χ0) is 14.5. The highest BCUT2D eigenvalue weighted by Crippen LogP contribution is 2.25. The third-order valence-electron chi connectivity index (χ3n) is 3.40. The van der Waals surface area contributed by atoms with Gasteiger partial charge in [-0.1, -0.05) is 41.9 Å². The van der Waals surface area contributed by atoms with Crippen LogP contribution in [-0.2, 0) is 9.53 Å². The average Bonchev–Trinajstić information content (AvgIpc) is 2.46. The Morgan fingerprint density at radius 3 is 2.40 bits per heavy atom. The second kappa shape index (κ2) is 7.04. The number of halogens is 1. The highest BCUT2D eigenvalue weighted by molar-refractivity contribution is 9.10. The van der Waals surface area contributed by atoms with Crippen LogP contribution in [0.1, 0.15) is 19.4 Å². The molecule has 4 heteroatoms. The Balaban J connectivity index is 2.21. The highest BCUT2D eigenvalue weighted by atomic mass is 79.9. The van der Waals surface area contributed by atoms with Crippen LogP contribution in [0.15, 0.2) is 34.8 Å². The van der Waals surface area contributed by atoms with Crippen molar-refractivity contribution in [2.45, 2.75) is 13.8 Å². The summed E-state index contributed by atoms with van der Waals surface area (Å²) in [7, 11) is 0. The molecule has 20 heavy (non-hydrogen) atoms. The molecule has 0 radical (unpaired) electrons. The maximum absolute atomic E-state index is 12.3. The minimum atomic E-state index is 0.0833. The monoisotopic (exact) mass is 337 g/mol. The van der Waals surface area contributed by atoms with Crippen molar-refractivity contribution < 1.29 is 9.53 Å². The van der Waals surface area contributed by atoms with Crippen LogP contribution in [0.3, 0.4) is 0 Å². The number of allylic oxidation sites excluding steroid dienone is 1. The van der Waals surface area contributed by atoms with E-state index in [0.717, 1.165) is 15.6 Å². The zero-order valence-electron chi connectivity index (χ0n) is 11.9. The van der Waals surface area contributed by atoms with Crippen molar-refractivity contribution in [3.05, 3.63) is 40.4 Å². The number of carbonyl (C=O) groups is 1. The van der Waals surface area contributed by atoms with Crippen LogP contribution < -0.4 is 0 Å². The maximum Gasteiger partial charge on any atom is 0.247 e. The Morgan fingerprint density at radius 2 is 1.85 bits per heavy atom. The predicted molar refractivity (Wildman–Crippen MR) is 84.4 cm³/mol. The van der Waals surface area contributed by atoms with Gasteiger partial charge in [-0.3, -0.25) is 4.79 Å². The third kappa shape index (κ3) is 3.93. The van der Waals surface area contributed by atoms with Crippen molar-refractivity contribution in [3.8, 4) is 0 Å². The molecule has 1 aliphatic heterocycles. The summed E-state index contributed by atoms with van der Waals surface area (Å²) in [5.41, 5.74) is 2.18. The largest absolute Gasteiger partial charge is 0.378 e. The second-order valence-electron chi connectivity index (χ2n) is 5.20. The van der Waals surface area contributed by atoms with Gasteiger partial charge >= 0.3 is 0 Å². The fraction of sp³-hybridized carbons (Fsp3) is 0.438. The molecule has 0 aromatic heterocycles. The van der Waals surface area contributed by atoms with Crippen LogP contribution >= 0.6 is 15.9 Å². The van der Waals surface area contributed by atoms with Crippen LogP contribution in [0.5, 0.6) is 0 Å².